The van der Waals surface area contributed by atoms with Gasteiger partial charge in [-0.3, -0.25) is 9.78 Å². The number of aromatic nitrogens is 2. The van der Waals surface area contributed by atoms with Crippen LogP contribution in [0.3, 0.4) is 0 Å². The Labute approximate surface area is 124 Å². The average Bonchev–Trinajstić information content (AvgIpc) is 2.81. The molecule has 4 nitrogen and oxygen atoms in total. The maximum absolute atomic E-state index is 12.6. The van der Waals surface area contributed by atoms with E-state index in [9.17, 15) is 4.79 Å². The van der Waals surface area contributed by atoms with Crippen LogP contribution in [0.2, 0.25) is 10.0 Å². The number of benzene rings is 1. The fourth-order valence-electron chi connectivity index (χ4n) is 2.10. The smallest absolute Gasteiger partial charge is 0.198 e. The molecule has 20 heavy (non-hydrogen) atoms. The lowest BCUT2D eigenvalue weighted by molar-refractivity contribution is 0.104. The maximum atomic E-state index is 12.6. The number of ketones is 1. The largest absolute Gasteiger partial charge is 0.399 e. The van der Waals surface area contributed by atoms with Crippen molar-refractivity contribution in [3.05, 3.63) is 58.0 Å². The molecule has 0 aliphatic rings. The number of pyridine rings is 1. The lowest BCUT2D eigenvalue weighted by Crippen LogP contribution is -2.03. The van der Waals surface area contributed by atoms with E-state index in [4.69, 9.17) is 28.9 Å². The molecule has 0 fully saturated rings. The van der Waals surface area contributed by atoms with E-state index < -0.39 is 0 Å². The Morgan fingerprint density at radius 2 is 1.95 bits per heavy atom. The number of carbonyl (C=O) groups excluding carboxylic acids is 1. The Morgan fingerprint density at radius 1 is 1.25 bits per heavy atom. The molecule has 0 bridgehead atoms. The first-order valence-corrected chi connectivity index (χ1v) is 6.54. The number of nitrogens with one attached hydrogen (secondary N) is 1. The van der Waals surface area contributed by atoms with Crippen LogP contribution in [-0.2, 0) is 0 Å². The topological polar surface area (TPSA) is 71.8 Å². The number of hydrogen-bond donors (Lipinski definition) is 2. The molecule has 0 radical (unpaired) electrons. The Morgan fingerprint density at radius 3 is 2.65 bits per heavy atom. The number of aromatic amines is 1. The fourth-order valence-corrected chi connectivity index (χ4v) is 2.78. The van der Waals surface area contributed by atoms with E-state index in [1.165, 1.54) is 12.1 Å². The molecule has 0 amide bonds. The van der Waals surface area contributed by atoms with Gasteiger partial charge in [-0.25, -0.2) is 0 Å². The van der Waals surface area contributed by atoms with E-state index in [1.54, 1.807) is 24.7 Å². The second-order valence-electron chi connectivity index (χ2n) is 4.31. The standard InChI is InChI=1S/C14H9Cl2N3O/c15-10-3-7(17)4-11(16)13(10)14(20)9-5-19-12-6-18-2-1-8(9)12/h1-6,19H,17H2. The van der Waals surface area contributed by atoms with Crippen LogP contribution >= 0.6 is 23.2 Å². The third-order valence-corrected chi connectivity index (χ3v) is 3.62. The molecule has 0 saturated carbocycles. The molecule has 0 aliphatic heterocycles. The summed E-state index contributed by atoms with van der Waals surface area (Å²) < 4.78 is 0. The Balaban J connectivity index is 2.19. The molecular weight excluding hydrogens is 297 g/mol. The van der Waals surface area contributed by atoms with E-state index in [0.717, 1.165) is 10.9 Å². The summed E-state index contributed by atoms with van der Waals surface area (Å²) in [5, 5.41) is 1.25. The fraction of sp³-hybridized carbons (Fsp3) is 0. The summed E-state index contributed by atoms with van der Waals surface area (Å²) in [5.41, 5.74) is 7.58. The van der Waals surface area contributed by atoms with Crippen molar-refractivity contribution in [3.8, 4) is 0 Å². The summed E-state index contributed by atoms with van der Waals surface area (Å²) >= 11 is 12.2. The van der Waals surface area contributed by atoms with Crippen LogP contribution < -0.4 is 5.73 Å². The number of anilines is 1. The van der Waals surface area contributed by atoms with Crippen molar-refractivity contribution in [1.82, 2.24) is 9.97 Å². The van der Waals surface area contributed by atoms with Crippen molar-refractivity contribution in [2.45, 2.75) is 0 Å². The second kappa shape index (κ2) is 4.81. The molecule has 2 heterocycles. The zero-order valence-electron chi connectivity index (χ0n) is 10.2. The zero-order valence-corrected chi connectivity index (χ0v) is 11.7. The molecule has 2 aromatic heterocycles. The van der Waals surface area contributed by atoms with Gasteiger partial charge in [0.25, 0.3) is 0 Å². The third kappa shape index (κ3) is 2.03. The predicted octanol–water partition coefficient (Wildman–Crippen LogP) is 3.68. The van der Waals surface area contributed by atoms with Gasteiger partial charge in [-0.2, -0.15) is 0 Å². The number of halogens is 2. The number of fused-ring (bicyclic) bond motifs is 1. The number of carbonyl (C=O) groups is 1. The number of rotatable bonds is 2. The normalized spacial score (nSPS) is 10.9. The van der Waals surface area contributed by atoms with Gasteiger partial charge in [0.15, 0.2) is 5.78 Å². The molecule has 0 saturated heterocycles. The molecule has 0 unspecified atom stereocenters. The molecule has 0 spiro atoms. The van der Waals surface area contributed by atoms with Crippen molar-refractivity contribution in [2.75, 3.05) is 5.73 Å². The number of nitrogens with two attached hydrogens (primary N) is 1. The van der Waals surface area contributed by atoms with Crippen LogP contribution in [0.1, 0.15) is 15.9 Å². The summed E-state index contributed by atoms with van der Waals surface area (Å²) in [5.74, 6) is -0.252. The van der Waals surface area contributed by atoms with E-state index in [0.29, 0.717) is 11.3 Å². The zero-order chi connectivity index (χ0) is 14.3. The van der Waals surface area contributed by atoms with Gasteiger partial charge < -0.3 is 10.7 Å². The molecule has 1 aromatic carbocycles. The first kappa shape index (κ1) is 13.0. The van der Waals surface area contributed by atoms with Gasteiger partial charge in [0.05, 0.1) is 27.3 Å². The van der Waals surface area contributed by atoms with E-state index >= 15 is 0 Å². The van der Waals surface area contributed by atoms with Gasteiger partial charge in [0.1, 0.15) is 0 Å². The molecule has 3 rings (SSSR count). The van der Waals surface area contributed by atoms with Crippen molar-refractivity contribution in [2.24, 2.45) is 0 Å². The van der Waals surface area contributed by atoms with Gasteiger partial charge >= 0.3 is 0 Å². The highest BCUT2D eigenvalue weighted by Crippen LogP contribution is 2.31. The quantitative estimate of drug-likeness (QED) is 0.560. The highest BCUT2D eigenvalue weighted by molar-refractivity contribution is 6.42. The second-order valence-corrected chi connectivity index (χ2v) is 5.13. The molecule has 3 aromatic rings. The lowest BCUT2D eigenvalue weighted by Gasteiger charge is -2.06. The Hall–Kier alpha value is -2.04. The molecule has 100 valence electrons. The number of nitrogen functional groups attached to an aromatic ring is 1. The minimum absolute atomic E-state index is 0.239. The van der Waals surface area contributed by atoms with E-state index in [2.05, 4.69) is 9.97 Å². The van der Waals surface area contributed by atoms with Gasteiger partial charge in [0.2, 0.25) is 0 Å². The minimum atomic E-state index is -0.252. The van der Waals surface area contributed by atoms with Crippen LogP contribution in [-0.4, -0.2) is 15.8 Å². The van der Waals surface area contributed by atoms with Crippen molar-refractivity contribution in [1.29, 1.82) is 0 Å². The monoisotopic (exact) mass is 305 g/mol. The summed E-state index contributed by atoms with van der Waals surface area (Å²) in [6.45, 7) is 0. The first-order valence-electron chi connectivity index (χ1n) is 5.78. The molecule has 0 atom stereocenters. The van der Waals surface area contributed by atoms with Crippen LogP contribution in [0, 0.1) is 0 Å². The SMILES string of the molecule is Nc1cc(Cl)c(C(=O)c2c[nH]c3cnccc23)c(Cl)c1. The summed E-state index contributed by atoms with van der Waals surface area (Å²) in [7, 11) is 0. The highest BCUT2D eigenvalue weighted by atomic mass is 35.5. The van der Waals surface area contributed by atoms with Gasteiger partial charge in [-0.05, 0) is 18.2 Å². The van der Waals surface area contributed by atoms with Crippen molar-refractivity contribution < 1.29 is 4.79 Å². The maximum Gasteiger partial charge on any atom is 0.198 e. The molecule has 3 N–H and O–H groups in total. The van der Waals surface area contributed by atoms with Crippen molar-refractivity contribution in [3.63, 3.8) is 0 Å². The van der Waals surface area contributed by atoms with Crippen molar-refractivity contribution >= 4 is 45.6 Å². The Bertz CT molecular complexity index is 803. The predicted molar refractivity (Wildman–Crippen MR) is 80.4 cm³/mol. The first-order chi connectivity index (χ1) is 9.58. The van der Waals surface area contributed by atoms with Gasteiger partial charge in [-0.15, -0.1) is 0 Å². The van der Waals surface area contributed by atoms with Gasteiger partial charge in [-0.1, -0.05) is 23.2 Å². The number of hydrogen-bond acceptors (Lipinski definition) is 3. The van der Waals surface area contributed by atoms with Crippen LogP contribution in [0.4, 0.5) is 5.69 Å². The molecular formula is C14H9Cl2N3O. The van der Waals surface area contributed by atoms with Crippen LogP contribution in [0.15, 0.2) is 36.8 Å². The highest BCUT2D eigenvalue weighted by Gasteiger charge is 2.20. The Kier molecular flexibility index (Phi) is 3.12. The number of nitrogens with zero attached hydrogens (tertiary/aromatic N) is 1. The van der Waals surface area contributed by atoms with Crippen LogP contribution in [0.5, 0.6) is 0 Å². The third-order valence-electron chi connectivity index (χ3n) is 3.02. The molecule has 6 heteroatoms. The number of H-pyrrole nitrogens is 1. The van der Waals surface area contributed by atoms with E-state index in [-0.39, 0.29) is 21.4 Å². The van der Waals surface area contributed by atoms with Gasteiger partial charge in [0, 0.05) is 29.0 Å². The molecule has 0 aliphatic carbocycles. The lowest BCUT2D eigenvalue weighted by atomic mass is 10.0. The minimum Gasteiger partial charge on any atom is -0.399 e. The van der Waals surface area contributed by atoms with Crippen LogP contribution in [0.25, 0.3) is 10.9 Å². The average molecular weight is 306 g/mol. The summed E-state index contributed by atoms with van der Waals surface area (Å²) in [6.07, 6.45) is 4.90. The summed E-state index contributed by atoms with van der Waals surface area (Å²) in [4.78, 5) is 19.6. The van der Waals surface area contributed by atoms with E-state index in [1.807, 2.05) is 0 Å². The summed E-state index contributed by atoms with van der Waals surface area (Å²) in [6, 6.07) is 4.78.